The van der Waals surface area contributed by atoms with Gasteiger partial charge in [0.25, 0.3) is 11.5 Å². The smallest absolute Gasteiger partial charge is 0.253 e. The average molecular weight is 409 g/mol. The van der Waals surface area contributed by atoms with E-state index >= 15 is 0 Å². The largest absolute Gasteiger partial charge is 0.493 e. The van der Waals surface area contributed by atoms with Gasteiger partial charge in [0.2, 0.25) is 5.75 Å². The predicted molar refractivity (Wildman–Crippen MR) is 112 cm³/mol. The van der Waals surface area contributed by atoms with Crippen LogP contribution in [0.2, 0.25) is 0 Å². The summed E-state index contributed by atoms with van der Waals surface area (Å²) in [5.41, 5.74) is 1.65. The van der Waals surface area contributed by atoms with Crippen molar-refractivity contribution in [2.45, 2.75) is 6.54 Å². The van der Waals surface area contributed by atoms with Crippen LogP contribution in [0.25, 0.3) is 11.3 Å². The summed E-state index contributed by atoms with van der Waals surface area (Å²) in [5, 5.41) is 2.78. The van der Waals surface area contributed by atoms with E-state index in [4.69, 9.17) is 14.2 Å². The second kappa shape index (κ2) is 9.60. The summed E-state index contributed by atoms with van der Waals surface area (Å²) in [7, 11) is 4.46. The zero-order valence-electron chi connectivity index (χ0n) is 17.0. The van der Waals surface area contributed by atoms with E-state index in [0.29, 0.717) is 28.5 Å². The van der Waals surface area contributed by atoms with E-state index in [9.17, 15) is 9.59 Å². The van der Waals surface area contributed by atoms with Gasteiger partial charge in [-0.25, -0.2) is 4.98 Å². The third kappa shape index (κ3) is 4.60. The van der Waals surface area contributed by atoms with Crippen LogP contribution in [0.3, 0.4) is 0 Å². The van der Waals surface area contributed by atoms with Gasteiger partial charge in [0.1, 0.15) is 0 Å². The molecule has 2 aromatic carbocycles. The predicted octanol–water partition coefficient (Wildman–Crippen LogP) is 2.37. The summed E-state index contributed by atoms with van der Waals surface area (Å²) in [6.07, 6.45) is 1.48. The lowest BCUT2D eigenvalue weighted by atomic mass is 10.1. The Balaban J connectivity index is 1.67. The molecule has 30 heavy (non-hydrogen) atoms. The fourth-order valence-corrected chi connectivity index (χ4v) is 2.96. The maximum atomic E-state index is 12.5. The Morgan fingerprint density at radius 1 is 1.00 bits per heavy atom. The van der Waals surface area contributed by atoms with Gasteiger partial charge in [-0.15, -0.1) is 0 Å². The van der Waals surface area contributed by atoms with Crippen molar-refractivity contribution in [2.75, 3.05) is 27.9 Å². The number of aromatic nitrogens is 2. The van der Waals surface area contributed by atoms with Crippen molar-refractivity contribution in [3.63, 3.8) is 0 Å². The van der Waals surface area contributed by atoms with E-state index < -0.39 is 0 Å². The third-order valence-corrected chi connectivity index (χ3v) is 4.51. The number of amides is 1. The maximum absolute atomic E-state index is 12.5. The Hall–Kier alpha value is -3.81. The van der Waals surface area contributed by atoms with Crippen LogP contribution in [0.15, 0.2) is 59.7 Å². The van der Waals surface area contributed by atoms with Gasteiger partial charge >= 0.3 is 0 Å². The molecular weight excluding hydrogens is 386 g/mol. The van der Waals surface area contributed by atoms with Gasteiger partial charge in [0.05, 0.1) is 33.4 Å². The molecule has 3 rings (SSSR count). The monoisotopic (exact) mass is 409 g/mol. The number of ether oxygens (including phenoxy) is 3. The Bertz CT molecular complexity index is 1050. The summed E-state index contributed by atoms with van der Waals surface area (Å²) in [6, 6.07) is 14.1. The molecule has 0 unspecified atom stereocenters. The number of carbonyl (C=O) groups excluding carboxylic acids is 1. The molecule has 0 fully saturated rings. The number of rotatable bonds is 8. The second-order valence-electron chi connectivity index (χ2n) is 6.34. The number of benzene rings is 2. The standard InChI is InChI=1S/C22H23N3O5/c1-28-18-11-16(12-19(29-2)21(18)30-3)22(27)23-9-10-25-14-24-17(13-20(25)26)15-7-5-4-6-8-15/h4-8,11-14H,9-10H2,1-3H3,(H,23,27). The molecule has 0 radical (unpaired) electrons. The zero-order chi connectivity index (χ0) is 21.5. The lowest BCUT2D eigenvalue weighted by Gasteiger charge is -2.14. The molecule has 1 amide bonds. The van der Waals surface area contributed by atoms with Crippen molar-refractivity contribution in [3.8, 4) is 28.5 Å². The molecule has 1 heterocycles. The number of carbonyl (C=O) groups is 1. The topological polar surface area (TPSA) is 91.7 Å². The summed E-state index contributed by atoms with van der Waals surface area (Å²) in [6.45, 7) is 0.541. The van der Waals surface area contributed by atoms with Crippen LogP contribution in [0.4, 0.5) is 0 Å². The maximum Gasteiger partial charge on any atom is 0.253 e. The number of hydrogen-bond donors (Lipinski definition) is 1. The van der Waals surface area contributed by atoms with Gasteiger partial charge in [0, 0.05) is 30.3 Å². The molecule has 0 saturated heterocycles. The van der Waals surface area contributed by atoms with Crippen LogP contribution in [0.5, 0.6) is 17.2 Å². The molecule has 0 aliphatic rings. The van der Waals surface area contributed by atoms with Gasteiger partial charge in [-0.05, 0) is 12.1 Å². The molecule has 1 N–H and O–H groups in total. The number of nitrogens with one attached hydrogen (secondary N) is 1. The highest BCUT2D eigenvalue weighted by Crippen LogP contribution is 2.38. The lowest BCUT2D eigenvalue weighted by molar-refractivity contribution is 0.0951. The normalized spacial score (nSPS) is 10.4. The Morgan fingerprint density at radius 3 is 2.23 bits per heavy atom. The van der Waals surface area contributed by atoms with E-state index in [2.05, 4.69) is 10.3 Å². The van der Waals surface area contributed by atoms with Crippen LogP contribution < -0.4 is 25.1 Å². The van der Waals surface area contributed by atoms with Crippen LogP contribution >= 0.6 is 0 Å². The van der Waals surface area contributed by atoms with Crippen molar-refractivity contribution in [1.82, 2.24) is 14.9 Å². The first-order chi connectivity index (χ1) is 14.6. The Labute approximate surface area is 174 Å². The zero-order valence-corrected chi connectivity index (χ0v) is 17.0. The Kier molecular flexibility index (Phi) is 6.69. The van der Waals surface area contributed by atoms with E-state index in [1.165, 1.54) is 38.3 Å². The van der Waals surface area contributed by atoms with Crippen molar-refractivity contribution in [2.24, 2.45) is 0 Å². The molecule has 156 valence electrons. The molecule has 0 atom stereocenters. The van der Waals surface area contributed by atoms with E-state index in [-0.39, 0.29) is 24.6 Å². The highest BCUT2D eigenvalue weighted by Gasteiger charge is 2.16. The molecule has 0 saturated carbocycles. The first-order valence-corrected chi connectivity index (χ1v) is 9.27. The van der Waals surface area contributed by atoms with Gasteiger partial charge in [-0.3, -0.25) is 14.2 Å². The molecular formula is C22H23N3O5. The van der Waals surface area contributed by atoms with Crippen LogP contribution in [0, 0.1) is 0 Å². The fraction of sp³-hybridized carbons (Fsp3) is 0.227. The molecule has 0 aliphatic heterocycles. The highest BCUT2D eigenvalue weighted by molar-refractivity contribution is 5.95. The average Bonchev–Trinajstić information content (AvgIpc) is 2.79. The summed E-state index contributed by atoms with van der Waals surface area (Å²) < 4.78 is 17.2. The summed E-state index contributed by atoms with van der Waals surface area (Å²) in [4.78, 5) is 29.2. The quantitative estimate of drug-likeness (QED) is 0.614. The molecule has 0 spiro atoms. The van der Waals surface area contributed by atoms with E-state index in [1.54, 1.807) is 12.1 Å². The van der Waals surface area contributed by atoms with Crippen LogP contribution in [-0.4, -0.2) is 43.3 Å². The van der Waals surface area contributed by atoms with Crippen molar-refractivity contribution in [3.05, 3.63) is 70.8 Å². The SMILES string of the molecule is COc1cc(C(=O)NCCn2cnc(-c3ccccc3)cc2=O)cc(OC)c1OC. The van der Waals surface area contributed by atoms with E-state index in [0.717, 1.165) is 5.56 Å². The molecule has 1 aromatic heterocycles. The third-order valence-electron chi connectivity index (χ3n) is 4.51. The lowest BCUT2D eigenvalue weighted by Crippen LogP contribution is -2.30. The molecule has 3 aromatic rings. The van der Waals surface area contributed by atoms with Gasteiger partial charge in [-0.1, -0.05) is 30.3 Å². The van der Waals surface area contributed by atoms with Crippen molar-refractivity contribution >= 4 is 5.91 Å². The summed E-state index contributed by atoms with van der Waals surface area (Å²) >= 11 is 0. The summed E-state index contributed by atoms with van der Waals surface area (Å²) in [5.74, 6) is 0.863. The molecule has 0 aliphatic carbocycles. The number of nitrogens with zero attached hydrogens (tertiary/aromatic N) is 2. The van der Waals surface area contributed by atoms with Gasteiger partial charge < -0.3 is 19.5 Å². The highest BCUT2D eigenvalue weighted by atomic mass is 16.5. The minimum atomic E-state index is -0.323. The second-order valence-corrected chi connectivity index (χ2v) is 6.34. The van der Waals surface area contributed by atoms with Crippen LogP contribution in [-0.2, 0) is 6.54 Å². The van der Waals surface area contributed by atoms with Crippen molar-refractivity contribution in [1.29, 1.82) is 0 Å². The van der Waals surface area contributed by atoms with Crippen LogP contribution in [0.1, 0.15) is 10.4 Å². The number of methoxy groups -OCH3 is 3. The number of hydrogen-bond acceptors (Lipinski definition) is 6. The minimum absolute atomic E-state index is 0.189. The molecule has 8 nitrogen and oxygen atoms in total. The van der Waals surface area contributed by atoms with Gasteiger partial charge in [0.15, 0.2) is 11.5 Å². The molecule has 8 heteroatoms. The molecule has 0 bridgehead atoms. The first kappa shape index (κ1) is 20.9. The first-order valence-electron chi connectivity index (χ1n) is 9.27. The van der Waals surface area contributed by atoms with E-state index in [1.807, 2.05) is 30.3 Å². The van der Waals surface area contributed by atoms with Crippen molar-refractivity contribution < 1.29 is 19.0 Å². The minimum Gasteiger partial charge on any atom is -0.493 e. The Morgan fingerprint density at radius 2 is 1.67 bits per heavy atom. The van der Waals surface area contributed by atoms with Gasteiger partial charge in [-0.2, -0.15) is 0 Å². The fourth-order valence-electron chi connectivity index (χ4n) is 2.96.